The fraction of sp³-hybridized carbons (Fsp3) is 0.208. The van der Waals surface area contributed by atoms with Crippen LogP contribution in [-0.2, 0) is 4.79 Å². The largest absolute Gasteiger partial charge is 0.494 e. The number of rotatable bonds is 7. The van der Waals surface area contributed by atoms with Gasteiger partial charge in [0.1, 0.15) is 16.8 Å². The lowest BCUT2D eigenvalue weighted by molar-refractivity contribution is -0.114. The van der Waals surface area contributed by atoms with Crippen LogP contribution >= 0.6 is 0 Å². The number of pyridine rings is 1. The summed E-state index contributed by atoms with van der Waals surface area (Å²) < 4.78 is 45.4. The van der Waals surface area contributed by atoms with Crippen molar-refractivity contribution in [3.05, 3.63) is 58.7 Å². The molecule has 1 aromatic carbocycles. The molecule has 186 valence electrons. The molecular weight excluding hydrogens is 476 g/mol. The van der Waals surface area contributed by atoms with E-state index in [0.29, 0.717) is 0 Å². The Labute approximate surface area is 203 Å². The lowest BCUT2D eigenvalue weighted by Crippen LogP contribution is -2.14. The number of carbonyl (C=O) groups is 2. The van der Waals surface area contributed by atoms with Crippen molar-refractivity contribution in [1.29, 1.82) is 0 Å². The molecular formula is C24H21F2N5O5. The van der Waals surface area contributed by atoms with E-state index < -0.39 is 46.1 Å². The molecule has 0 fully saturated rings. The lowest BCUT2D eigenvalue weighted by atomic mass is 10.0. The summed E-state index contributed by atoms with van der Waals surface area (Å²) in [6.07, 6.45) is 4.60. The van der Waals surface area contributed by atoms with Gasteiger partial charge in [-0.25, -0.2) is 18.7 Å². The van der Waals surface area contributed by atoms with Gasteiger partial charge in [-0.1, -0.05) is 0 Å². The number of methoxy groups -OCH3 is 2. The fourth-order valence-electron chi connectivity index (χ4n) is 3.61. The maximum Gasteiger partial charge on any atom is 0.236 e. The molecule has 3 aromatic heterocycles. The molecule has 1 amide bonds. The number of amides is 1. The molecule has 0 aliphatic rings. The summed E-state index contributed by atoms with van der Waals surface area (Å²) in [6.45, 7) is 4.90. The van der Waals surface area contributed by atoms with Crippen LogP contribution in [-0.4, -0.2) is 40.9 Å². The number of ketones is 1. The second kappa shape index (κ2) is 9.56. The van der Waals surface area contributed by atoms with Crippen LogP contribution < -0.4 is 20.1 Å². The first-order valence-electron chi connectivity index (χ1n) is 10.6. The monoisotopic (exact) mass is 497 g/mol. The van der Waals surface area contributed by atoms with Gasteiger partial charge >= 0.3 is 0 Å². The van der Waals surface area contributed by atoms with Gasteiger partial charge in [0.2, 0.25) is 23.4 Å². The first-order valence-corrected chi connectivity index (χ1v) is 10.6. The van der Waals surface area contributed by atoms with Crippen molar-refractivity contribution >= 4 is 40.1 Å². The molecule has 0 saturated carbocycles. The molecule has 36 heavy (non-hydrogen) atoms. The summed E-state index contributed by atoms with van der Waals surface area (Å²) in [5.41, 5.74) is 1.29. The molecule has 0 spiro atoms. The van der Waals surface area contributed by atoms with E-state index in [2.05, 4.69) is 25.6 Å². The number of nitrogens with one attached hydrogen (secondary N) is 2. The van der Waals surface area contributed by atoms with Gasteiger partial charge < -0.3 is 24.5 Å². The maximum atomic E-state index is 15.0. The minimum Gasteiger partial charge on any atom is -0.494 e. The molecule has 12 heteroatoms. The van der Waals surface area contributed by atoms with E-state index in [1.807, 2.05) is 13.8 Å². The standard InChI is InChI=1S/C24H21F2N5O5/c1-10-7-27-8-11(2)19(10)30-24-28-9-15-20(31-24)21(29-12(3)32)23(36-15)22(33)16-17(25)13(34-4)6-14(35-5)18(16)26/h6-9H,1-5H3,(H,29,32)(H,27,28,30,31). The molecule has 0 radical (unpaired) electrons. The Kier molecular flexibility index (Phi) is 6.51. The van der Waals surface area contributed by atoms with Crippen molar-refractivity contribution in [3.8, 4) is 11.5 Å². The number of hydrogen-bond donors (Lipinski definition) is 2. The zero-order valence-electron chi connectivity index (χ0n) is 19.9. The Balaban J connectivity index is 1.88. The number of aryl methyl sites for hydroxylation is 2. The predicted octanol–water partition coefficient (Wildman–Crippen LogP) is 4.46. The van der Waals surface area contributed by atoms with Crippen LogP contribution in [0.3, 0.4) is 0 Å². The molecule has 2 N–H and O–H groups in total. The number of ether oxygens (including phenoxy) is 2. The van der Waals surface area contributed by atoms with Gasteiger partial charge in [-0.2, -0.15) is 0 Å². The number of anilines is 3. The van der Waals surface area contributed by atoms with Crippen LogP contribution in [0.15, 0.2) is 29.1 Å². The molecule has 0 saturated heterocycles. The Morgan fingerprint density at radius 1 is 0.972 bits per heavy atom. The van der Waals surface area contributed by atoms with Crippen LogP contribution in [0, 0.1) is 25.5 Å². The van der Waals surface area contributed by atoms with Gasteiger partial charge in [-0.3, -0.25) is 14.6 Å². The Morgan fingerprint density at radius 2 is 1.58 bits per heavy atom. The van der Waals surface area contributed by atoms with Gasteiger partial charge in [0.25, 0.3) is 0 Å². The van der Waals surface area contributed by atoms with Gasteiger partial charge in [-0.05, 0) is 25.0 Å². The van der Waals surface area contributed by atoms with Crippen LogP contribution in [0.2, 0.25) is 0 Å². The summed E-state index contributed by atoms with van der Waals surface area (Å²) in [7, 11) is 2.31. The predicted molar refractivity (Wildman–Crippen MR) is 126 cm³/mol. The van der Waals surface area contributed by atoms with Crippen LogP contribution in [0.25, 0.3) is 11.1 Å². The highest BCUT2D eigenvalue weighted by molar-refractivity contribution is 6.16. The van der Waals surface area contributed by atoms with Crippen LogP contribution in [0.1, 0.15) is 34.2 Å². The first kappa shape index (κ1) is 24.5. The molecule has 0 bridgehead atoms. The molecule has 0 aliphatic heterocycles. The average molecular weight is 497 g/mol. The summed E-state index contributed by atoms with van der Waals surface area (Å²) in [6, 6.07) is 0.974. The van der Waals surface area contributed by atoms with Gasteiger partial charge in [0.05, 0.1) is 20.4 Å². The molecule has 10 nitrogen and oxygen atoms in total. The van der Waals surface area contributed by atoms with E-state index in [0.717, 1.165) is 37.1 Å². The first-order chi connectivity index (χ1) is 17.2. The Morgan fingerprint density at radius 3 is 2.14 bits per heavy atom. The summed E-state index contributed by atoms with van der Waals surface area (Å²) in [5, 5.41) is 5.55. The highest BCUT2D eigenvalue weighted by atomic mass is 19.1. The summed E-state index contributed by atoms with van der Waals surface area (Å²) in [5.74, 6) is -5.52. The summed E-state index contributed by atoms with van der Waals surface area (Å²) in [4.78, 5) is 38.0. The molecule has 0 unspecified atom stereocenters. The van der Waals surface area contributed by atoms with E-state index in [1.165, 1.54) is 13.1 Å². The molecule has 0 aliphatic carbocycles. The van der Waals surface area contributed by atoms with Crippen molar-refractivity contribution < 1.29 is 32.3 Å². The highest BCUT2D eigenvalue weighted by Gasteiger charge is 2.32. The smallest absolute Gasteiger partial charge is 0.236 e. The van der Waals surface area contributed by atoms with Gasteiger partial charge in [0.15, 0.2) is 28.7 Å². The highest BCUT2D eigenvalue weighted by Crippen LogP contribution is 2.37. The normalized spacial score (nSPS) is 10.9. The molecule has 0 atom stereocenters. The van der Waals surface area contributed by atoms with Crippen LogP contribution in [0.5, 0.6) is 11.5 Å². The van der Waals surface area contributed by atoms with Crippen molar-refractivity contribution in [2.24, 2.45) is 0 Å². The topological polar surface area (TPSA) is 128 Å². The summed E-state index contributed by atoms with van der Waals surface area (Å²) >= 11 is 0. The number of carbonyl (C=O) groups excluding carboxylic acids is 2. The van der Waals surface area contributed by atoms with Crippen molar-refractivity contribution in [2.45, 2.75) is 20.8 Å². The zero-order chi connectivity index (χ0) is 26.1. The zero-order valence-corrected chi connectivity index (χ0v) is 19.9. The third-order valence-electron chi connectivity index (χ3n) is 5.30. The quantitative estimate of drug-likeness (QED) is 0.356. The van der Waals surface area contributed by atoms with E-state index in [1.54, 1.807) is 12.4 Å². The van der Waals surface area contributed by atoms with Crippen LogP contribution in [0.4, 0.5) is 26.1 Å². The average Bonchev–Trinajstić information content (AvgIpc) is 3.19. The number of furan rings is 1. The SMILES string of the molecule is COc1cc(OC)c(F)c(C(=O)c2oc3cnc(Nc4c(C)cncc4C)nc3c2NC(C)=O)c1F. The van der Waals surface area contributed by atoms with E-state index in [4.69, 9.17) is 13.9 Å². The number of aromatic nitrogens is 3. The lowest BCUT2D eigenvalue weighted by Gasteiger charge is -2.11. The molecule has 3 heterocycles. The minimum atomic E-state index is -1.26. The second-order valence-corrected chi connectivity index (χ2v) is 7.78. The Bertz CT molecular complexity index is 1470. The fourth-order valence-corrected chi connectivity index (χ4v) is 3.61. The molecule has 4 rings (SSSR count). The van der Waals surface area contributed by atoms with Gasteiger partial charge in [-0.15, -0.1) is 0 Å². The second-order valence-electron chi connectivity index (χ2n) is 7.78. The van der Waals surface area contributed by atoms with Crippen molar-refractivity contribution in [1.82, 2.24) is 15.0 Å². The third-order valence-corrected chi connectivity index (χ3v) is 5.30. The number of benzene rings is 1. The number of hydrogen-bond acceptors (Lipinski definition) is 9. The van der Waals surface area contributed by atoms with E-state index in [9.17, 15) is 9.59 Å². The van der Waals surface area contributed by atoms with Crippen molar-refractivity contribution in [3.63, 3.8) is 0 Å². The maximum absolute atomic E-state index is 15.0. The van der Waals surface area contributed by atoms with E-state index in [-0.39, 0.29) is 22.7 Å². The third kappa shape index (κ3) is 4.28. The van der Waals surface area contributed by atoms with Gasteiger partial charge in [0, 0.05) is 31.1 Å². The minimum absolute atomic E-state index is 0.00602. The van der Waals surface area contributed by atoms with Crippen molar-refractivity contribution in [2.75, 3.05) is 24.9 Å². The van der Waals surface area contributed by atoms with E-state index >= 15 is 8.78 Å². The Hall–Kier alpha value is -4.61. The number of fused-ring (bicyclic) bond motifs is 1. The number of halogens is 2. The molecule has 4 aromatic rings. The number of nitrogens with zero attached hydrogens (tertiary/aromatic N) is 3.